The Kier molecular flexibility index (Phi) is 5.89. The molecule has 2 nitrogen and oxygen atoms in total. The molecule has 0 aliphatic rings. The first-order valence-corrected chi connectivity index (χ1v) is 6.19. The van der Waals surface area contributed by atoms with E-state index in [0.29, 0.717) is 17.5 Å². The third-order valence-corrected chi connectivity index (χ3v) is 2.92. The van der Waals surface area contributed by atoms with Crippen LogP contribution in [0, 0.1) is 11.7 Å². The van der Waals surface area contributed by atoms with Crippen molar-refractivity contribution in [2.75, 3.05) is 6.61 Å². The summed E-state index contributed by atoms with van der Waals surface area (Å²) in [6.07, 6.45) is 0.898. The van der Waals surface area contributed by atoms with Crippen LogP contribution in [0.15, 0.2) is 18.2 Å². The molecule has 1 aromatic rings. The topological polar surface area (TPSA) is 32.3 Å². The largest absolute Gasteiger partial charge is 0.395 e. The number of halogens is 2. The van der Waals surface area contributed by atoms with Gasteiger partial charge in [-0.1, -0.05) is 31.5 Å². The van der Waals surface area contributed by atoms with Crippen molar-refractivity contribution in [3.63, 3.8) is 0 Å². The van der Waals surface area contributed by atoms with Crippen LogP contribution >= 0.6 is 11.6 Å². The van der Waals surface area contributed by atoms with Crippen LogP contribution in [0.5, 0.6) is 0 Å². The van der Waals surface area contributed by atoms with Crippen molar-refractivity contribution in [2.24, 2.45) is 5.92 Å². The van der Waals surface area contributed by atoms with Gasteiger partial charge in [-0.3, -0.25) is 0 Å². The van der Waals surface area contributed by atoms with Crippen LogP contribution in [-0.4, -0.2) is 17.8 Å². The minimum Gasteiger partial charge on any atom is -0.395 e. The number of aliphatic hydroxyl groups excluding tert-OH is 1. The molecule has 1 unspecified atom stereocenters. The van der Waals surface area contributed by atoms with Gasteiger partial charge >= 0.3 is 0 Å². The van der Waals surface area contributed by atoms with E-state index in [2.05, 4.69) is 19.2 Å². The quantitative estimate of drug-likeness (QED) is 0.823. The summed E-state index contributed by atoms with van der Waals surface area (Å²) in [6.45, 7) is 4.85. The minimum absolute atomic E-state index is 0.0520. The molecule has 0 saturated heterocycles. The zero-order valence-corrected chi connectivity index (χ0v) is 11.0. The van der Waals surface area contributed by atoms with E-state index >= 15 is 0 Å². The Bertz CT molecular complexity index is 357. The van der Waals surface area contributed by atoms with Crippen LogP contribution in [0.3, 0.4) is 0 Å². The van der Waals surface area contributed by atoms with Crippen LogP contribution in [0.25, 0.3) is 0 Å². The van der Waals surface area contributed by atoms with Crippen molar-refractivity contribution in [3.05, 3.63) is 34.6 Å². The van der Waals surface area contributed by atoms with Crippen molar-refractivity contribution in [3.8, 4) is 0 Å². The first-order valence-electron chi connectivity index (χ1n) is 5.81. The van der Waals surface area contributed by atoms with Crippen LogP contribution in [-0.2, 0) is 6.54 Å². The molecule has 1 atom stereocenters. The summed E-state index contributed by atoms with van der Waals surface area (Å²) in [5.74, 6) is 0.183. The van der Waals surface area contributed by atoms with E-state index in [-0.39, 0.29) is 18.5 Å². The van der Waals surface area contributed by atoms with Crippen LogP contribution in [0.4, 0.5) is 4.39 Å². The summed E-state index contributed by atoms with van der Waals surface area (Å²) >= 11 is 5.92. The molecule has 0 aromatic heterocycles. The van der Waals surface area contributed by atoms with E-state index in [4.69, 9.17) is 11.6 Å². The SMILES string of the molecule is CC(C)CC(CO)NCc1ccc(F)cc1Cl. The molecule has 0 aliphatic carbocycles. The highest BCUT2D eigenvalue weighted by Crippen LogP contribution is 2.17. The van der Waals surface area contributed by atoms with E-state index < -0.39 is 0 Å². The molecule has 0 amide bonds. The molecule has 0 fully saturated rings. The Balaban J connectivity index is 2.53. The van der Waals surface area contributed by atoms with E-state index in [0.717, 1.165) is 12.0 Å². The molecule has 1 rings (SSSR count). The molecule has 0 heterocycles. The maximum atomic E-state index is 12.8. The fourth-order valence-corrected chi connectivity index (χ4v) is 1.94. The standard InChI is InChI=1S/C13H19ClFNO/c1-9(2)5-12(8-17)16-7-10-3-4-11(15)6-13(10)14/h3-4,6,9,12,16-17H,5,7-8H2,1-2H3. The maximum absolute atomic E-state index is 12.8. The molecule has 1 aromatic carbocycles. The highest BCUT2D eigenvalue weighted by Gasteiger charge is 2.10. The van der Waals surface area contributed by atoms with Gasteiger partial charge in [0.15, 0.2) is 0 Å². The second-order valence-electron chi connectivity index (χ2n) is 4.63. The second-order valence-corrected chi connectivity index (χ2v) is 5.03. The van der Waals surface area contributed by atoms with Gasteiger partial charge in [0, 0.05) is 17.6 Å². The fraction of sp³-hybridized carbons (Fsp3) is 0.538. The first-order chi connectivity index (χ1) is 8.02. The van der Waals surface area contributed by atoms with Crippen LogP contribution < -0.4 is 5.32 Å². The lowest BCUT2D eigenvalue weighted by Crippen LogP contribution is -2.33. The minimum atomic E-state index is -0.334. The predicted molar refractivity (Wildman–Crippen MR) is 68.6 cm³/mol. The Morgan fingerprint density at radius 3 is 2.65 bits per heavy atom. The van der Waals surface area contributed by atoms with Crippen molar-refractivity contribution < 1.29 is 9.50 Å². The predicted octanol–water partition coefficient (Wildman–Crippen LogP) is 2.98. The van der Waals surface area contributed by atoms with Gasteiger partial charge < -0.3 is 10.4 Å². The summed E-state index contributed by atoms with van der Waals surface area (Å²) in [7, 11) is 0. The molecule has 17 heavy (non-hydrogen) atoms. The van der Waals surface area contributed by atoms with Crippen molar-refractivity contribution >= 4 is 11.6 Å². The molecule has 0 spiro atoms. The second kappa shape index (κ2) is 6.94. The van der Waals surface area contributed by atoms with E-state index in [1.807, 2.05) is 0 Å². The van der Waals surface area contributed by atoms with Crippen molar-refractivity contribution in [1.29, 1.82) is 0 Å². The Morgan fingerprint density at radius 1 is 1.41 bits per heavy atom. The van der Waals surface area contributed by atoms with E-state index in [1.54, 1.807) is 6.07 Å². The highest BCUT2D eigenvalue weighted by molar-refractivity contribution is 6.31. The summed E-state index contributed by atoms with van der Waals surface area (Å²) in [5, 5.41) is 12.8. The summed E-state index contributed by atoms with van der Waals surface area (Å²) in [5.41, 5.74) is 0.843. The molecular formula is C13H19ClFNO. The number of benzene rings is 1. The molecule has 0 saturated carbocycles. The molecule has 4 heteroatoms. The van der Waals surface area contributed by atoms with Gasteiger partial charge in [0.2, 0.25) is 0 Å². The zero-order chi connectivity index (χ0) is 12.8. The van der Waals surface area contributed by atoms with E-state index in [9.17, 15) is 9.50 Å². The number of aliphatic hydroxyl groups is 1. The Labute approximate surface area is 107 Å². The molecular weight excluding hydrogens is 241 g/mol. The lowest BCUT2D eigenvalue weighted by atomic mass is 10.0. The van der Waals surface area contributed by atoms with E-state index in [1.165, 1.54) is 12.1 Å². The normalized spacial score (nSPS) is 13.1. The van der Waals surface area contributed by atoms with Gasteiger partial charge in [-0.15, -0.1) is 0 Å². The van der Waals surface area contributed by atoms with Gasteiger partial charge in [0.25, 0.3) is 0 Å². The first kappa shape index (κ1) is 14.4. The van der Waals surface area contributed by atoms with Gasteiger partial charge in [-0.25, -0.2) is 4.39 Å². The lowest BCUT2D eigenvalue weighted by molar-refractivity contribution is 0.223. The third kappa shape index (κ3) is 5.02. The maximum Gasteiger partial charge on any atom is 0.124 e. The summed E-state index contributed by atoms with van der Waals surface area (Å²) < 4.78 is 12.8. The Morgan fingerprint density at radius 2 is 2.12 bits per heavy atom. The molecule has 96 valence electrons. The van der Waals surface area contributed by atoms with Gasteiger partial charge in [-0.05, 0) is 30.0 Å². The molecule has 0 bridgehead atoms. The van der Waals surface area contributed by atoms with Gasteiger partial charge in [0.1, 0.15) is 5.82 Å². The number of hydrogen-bond donors (Lipinski definition) is 2. The highest BCUT2D eigenvalue weighted by atomic mass is 35.5. The molecule has 0 aliphatic heterocycles. The van der Waals surface area contributed by atoms with Crippen LogP contribution in [0.2, 0.25) is 5.02 Å². The number of nitrogens with one attached hydrogen (secondary N) is 1. The monoisotopic (exact) mass is 259 g/mol. The third-order valence-electron chi connectivity index (χ3n) is 2.57. The molecule has 2 N–H and O–H groups in total. The zero-order valence-electron chi connectivity index (χ0n) is 10.2. The lowest BCUT2D eigenvalue weighted by Gasteiger charge is -2.18. The molecule has 0 radical (unpaired) electrons. The summed E-state index contributed by atoms with van der Waals surface area (Å²) in [6, 6.07) is 4.40. The average molecular weight is 260 g/mol. The smallest absolute Gasteiger partial charge is 0.124 e. The fourth-order valence-electron chi connectivity index (χ4n) is 1.71. The van der Waals surface area contributed by atoms with Gasteiger partial charge in [0.05, 0.1) is 6.61 Å². The van der Waals surface area contributed by atoms with Crippen molar-refractivity contribution in [1.82, 2.24) is 5.32 Å². The average Bonchev–Trinajstić information content (AvgIpc) is 2.25. The van der Waals surface area contributed by atoms with Crippen molar-refractivity contribution in [2.45, 2.75) is 32.9 Å². The Hall–Kier alpha value is -0.640. The number of hydrogen-bond acceptors (Lipinski definition) is 2. The summed E-state index contributed by atoms with van der Waals surface area (Å²) in [4.78, 5) is 0. The van der Waals surface area contributed by atoms with Crippen LogP contribution in [0.1, 0.15) is 25.8 Å². The number of rotatable bonds is 6. The van der Waals surface area contributed by atoms with Gasteiger partial charge in [-0.2, -0.15) is 0 Å².